The van der Waals surface area contributed by atoms with Crippen LogP contribution >= 0.6 is 0 Å². The van der Waals surface area contributed by atoms with Crippen LogP contribution in [0, 0.1) is 0 Å². The highest BCUT2D eigenvalue weighted by atomic mass is 16.8. The van der Waals surface area contributed by atoms with Crippen molar-refractivity contribution in [2.24, 2.45) is 0 Å². The summed E-state index contributed by atoms with van der Waals surface area (Å²) in [5, 5.41) is 9.32. The molecular formula is C10H25BN4O3. The SMILES string of the molecule is CNC1CC(NC)(NC)OB(OCCN(C)C)O1. The molecule has 1 rings (SSSR count). The zero-order valence-electron chi connectivity index (χ0n) is 11.9. The topological polar surface area (TPSA) is 67.0 Å². The molecule has 8 heteroatoms. The van der Waals surface area contributed by atoms with Gasteiger partial charge in [-0.15, -0.1) is 0 Å². The second kappa shape index (κ2) is 7.39. The molecule has 1 atom stereocenters. The zero-order chi connectivity index (χ0) is 13.6. The van der Waals surface area contributed by atoms with Gasteiger partial charge in [-0.05, 0) is 35.2 Å². The number of rotatable bonds is 7. The molecule has 0 aliphatic carbocycles. The standard InChI is InChI=1S/C10H25BN4O3/c1-12-9-8-10(13-2,14-3)18-11(17-9)16-7-6-15(4)5/h9,12-14H,6-8H2,1-5H3. The molecule has 0 aromatic heterocycles. The Morgan fingerprint density at radius 3 is 2.50 bits per heavy atom. The summed E-state index contributed by atoms with van der Waals surface area (Å²) in [4.78, 5) is 2.04. The van der Waals surface area contributed by atoms with E-state index >= 15 is 0 Å². The Bertz CT molecular complexity index is 241. The van der Waals surface area contributed by atoms with Gasteiger partial charge in [-0.1, -0.05) is 0 Å². The first kappa shape index (κ1) is 15.8. The Balaban J connectivity index is 2.51. The average Bonchev–Trinajstić information content (AvgIpc) is 2.37. The molecule has 0 spiro atoms. The van der Waals surface area contributed by atoms with Gasteiger partial charge in [0.2, 0.25) is 0 Å². The lowest BCUT2D eigenvalue weighted by Gasteiger charge is -2.42. The van der Waals surface area contributed by atoms with Crippen LogP contribution in [0.4, 0.5) is 0 Å². The van der Waals surface area contributed by atoms with Crippen LogP contribution in [-0.2, 0) is 14.0 Å². The lowest BCUT2D eigenvalue weighted by molar-refractivity contribution is -0.127. The maximum atomic E-state index is 5.76. The molecule has 1 aliphatic rings. The molecule has 0 aromatic rings. The van der Waals surface area contributed by atoms with Gasteiger partial charge in [-0.3, -0.25) is 16.0 Å². The Hall–Kier alpha value is -0.215. The van der Waals surface area contributed by atoms with Gasteiger partial charge < -0.3 is 18.9 Å². The van der Waals surface area contributed by atoms with Crippen LogP contribution < -0.4 is 16.0 Å². The third kappa shape index (κ3) is 4.47. The highest BCUT2D eigenvalue weighted by Gasteiger charge is 2.44. The van der Waals surface area contributed by atoms with Crippen molar-refractivity contribution in [2.75, 3.05) is 48.4 Å². The van der Waals surface area contributed by atoms with Crippen LogP contribution in [0.25, 0.3) is 0 Å². The second-order valence-corrected chi connectivity index (χ2v) is 4.53. The predicted molar refractivity (Wildman–Crippen MR) is 70.7 cm³/mol. The highest BCUT2D eigenvalue weighted by Crippen LogP contribution is 2.20. The minimum Gasteiger partial charge on any atom is -0.384 e. The smallest absolute Gasteiger partial charge is 0.384 e. The third-order valence-corrected chi connectivity index (χ3v) is 2.97. The van der Waals surface area contributed by atoms with E-state index < -0.39 is 13.2 Å². The van der Waals surface area contributed by atoms with E-state index in [2.05, 4.69) is 16.0 Å². The molecule has 1 heterocycles. The van der Waals surface area contributed by atoms with E-state index in [1.54, 1.807) is 0 Å². The van der Waals surface area contributed by atoms with E-state index in [1.165, 1.54) is 0 Å². The van der Waals surface area contributed by atoms with Crippen LogP contribution in [0.1, 0.15) is 6.42 Å². The lowest BCUT2D eigenvalue weighted by Crippen LogP contribution is -2.66. The summed E-state index contributed by atoms with van der Waals surface area (Å²) < 4.78 is 17.0. The van der Waals surface area contributed by atoms with Gasteiger partial charge in [0.05, 0.1) is 0 Å². The van der Waals surface area contributed by atoms with Crippen LogP contribution in [0.15, 0.2) is 0 Å². The van der Waals surface area contributed by atoms with Crippen molar-refractivity contribution in [3.8, 4) is 0 Å². The Kier molecular flexibility index (Phi) is 6.51. The first-order valence-electron chi connectivity index (χ1n) is 6.20. The quantitative estimate of drug-likeness (QED) is 0.385. The molecule has 0 radical (unpaired) electrons. The van der Waals surface area contributed by atoms with E-state index in [1.807, 2.05) is 40.1 Å². The van der Waals surface area contributed by atoms with Crippen LogP contribution in [0.5, 0.6) is 0 Å². The molecule has 0 aromatic carbocycles. The largest absolute Gasteiger partial charge is 0.642 e. The molecule has 7 nitrogen and oxygen atoms in total. The summed E-state index contributed by atoms with van der Waals surface area (Å²) in [6.45, 7) is 1.37. The second-order valence-electron chi connectivity index (χ2n) is 4.53. The molecule has 1 unspecified atom stereocenters. The van der Waals surface area contributed by atoms with Gasteiger partial charge in [0.15, 0.2) is 5.85 Å². The van der Waals surface area contributed by atoms with Crippen molar-refractivity contribution in [3.05, 3.63) is 0 Å². The zero-order valence-corrected chi connectivity index (χ0v) is 11.9. The molecule has 0 saturated carbocycles. The molecule has 1 fully saturated rings. The molecule has 0 bridgehead atoms. The summed E-state index contributed by atoms with van der Waals surface area (Å²) in [6.07, 6.45) is 0.521. The van der Waals surface area contributed by atoms with Crippen molar-refractivity contribution in [3.63, 3.8) is 0 Å². The minimum absolute atomic E-state index is 0.122. The molecular weight excluding hydrogens is 235 g/mol. The third-order valence-electron chi connectivity index (χ3n) is 2.97. The van der Waals surface area contributed by atoms with Crippen molar-refractivity contribution >= 4 is 7.32 Å². The van der Waals surface area contributed by atoms with Gasteiger partial charge in [-0.2, -0.15) is 0 Å². The van der Waals surface area contributed by atoms with E-state index in [9.17, 15) is 0 Å². The first-order valence-corrected chi connectivity index (χ1v) is 6.20. The normalized spacial score (nSPS) is 23.7. The monoisotopic (exact) mass is 260 g/mol. The molecule has 1 saturated heterocycles. The highest BCUT2D eigenvalue weighted by molar-refractivity contribution is 6.36. The number of likely N-dealkylation sites (N-methyl/N-ethyl adjacent to an activating group) is 1. The maximum Gasteiger partial charge on any atom is 0.642 e. The number of nitrogens with one attached hydrogen (secondary N) is 3. The van der Waals surface area contributed by atoms with Crippen LogP contribution in [-0.4, -0.2) is 72.7 Å². The molecule has 18 heavy (non-hydrogen) atoms. The van der Waals surface area contributed by atoms with E-state index in [0.29, 0.717) is 13.0 Å². The summed E-state index contributed by atoms with van der Waals surface area (Å²) in [7, 11) is 8.83. The summed E-state index contributed by atoms with van der Waals surface area (Å²) >= 11 is 0. The van der Waals surface area contributed by atoms with Gasteiger partial charge in [0.25, 0.3) is 0 Å². The molecule has 1 aliphatic heterocycles. The maximum absolute atomic E-state index is 5.76. The summed E-state index contributed by atoms with van der Waals surface area (Å²) in [5.41, 5.74) is 0. The van der Waals surface area contributed by atoms with E-state index in [-0.39, 0.29) is 6.23 Å². The lowest BCUT2D eigenvalue weighted by atomic mass is 10.1. The first-order chi connectivity index (χ1) is 8.55. The van der Waals surface area contributed by atoms with Crippen molar-refractivity contribution < 1.29 is 14.0 Å². The number of hydrogen-bond acceptors (Lipinski definition) is 7. The van der Waals surface area contributed by atoms with Gasteiger partial charge >= 0.3 is 7.32 Å². The fourth-order valence-electron chi connectivity index (χ4n) is 1.71. The molecule has 3 N–H and O–H groups in total. The van der Waals surface area contributed by atoms with Crippen molar-refractivity contribution in [2.45, 2.75) is 18.5 Å². The average molecular weight is 260 g/mol. The fourth-order valence-corrected chi connectivity index (χ4v) is 1.71. The fraction of sp³-hybridized carbons (Fsp3) is 1.00. The summed E-state index contributed by atoms with van der Waals surface area (Å²) in [6, 6.07) is 0. The Morgan fingerprint density at radius 2 is 2.00 bits per heavy atom. The van der Waals surface area contributed by atoms with E-state index in [4.69, 9.17) is 14.0 Å². The van der Waals surface area contributed by atoms with Gasteiger partial charge in [0, 0.05) is 19.6 Å². The predicted octanol–water partition coefficient (Wildman–Crippen LogP) is -1.38. The van der Waals surface area contributed by atoms with Crippen LogP contribution in [0.2, 0.25) is 0 Å². The van der Waals surface area contributed by atoms with Crippen LogP contribution in [0.3, 0.4) is 0 Å². The van der Waals surface area contributed by atoms with Gasteiger partial charge in [-0.25, -0.2) is 0 Å². The van der Waals surface area contributed by atoms with E-state index in [0.717, 1.165) is 6.54 Å². The molecule has 106 valence electrons. The minimum atomic E-state index is -0.684. The number of hydrogen-bond donors (Lipinski definition) is 3. The Labute approximate surface area is 110 Å². The van der Waals surface area contributed by atoms with Gasteiger partial charge in [0.1, 0.15) is 6.23 Å². The van der Waals surface area contributed by atoms with Crippen molar-refractivity contribution in [1.82, 2.24) is 20.9 Å². The number of nitrogens with zero attached hydrogens (tertiary/aromatic N) is 1. The Morgan fingerprint density at radius 1 is 1.33 bits per heavy atom. The summed E-state index contributed by atoms with van der Waals surface area (Å²) in [5.74, 6) is -0.630. The molecule has 0 amide bonds. The van der Waals surface area contributed by atoms with Crippen molar-refractivity contribution in [1.29, 1.82) is 0 Å².